The van der Waals surface area contributed by atoms with E-state index in [0.29, 0.717) is 27.9 Å². The maximum absolute atomic E-state index is 13.4. The Hall–Kier alpha value is -1.61. The van der Waals surface area contributed by atoms with Gasteiger partial charge in [-0.25, -0.2) is 8.78 Å². The molecule has 2 heterocycles. The van der Waals surface area contributed by atoms with Gasteiger partial charge in [-0.2, -0.15) is 0 Å². The van der Waals surface area contributed by atoms with Crippen molar-refractivity contribution in [2.24, 2.45) is 5.73 Å². The number of carbonyl (C=O) groups excluding carboxylic acids is 1. The third kappa shape index (κ3) is 5.05. The van der Waals surface area contributed by atoms with E-state index >= 15 is 0 Å². The van der Waals surface area contributed by atoms with Crippen LogP contribution in [0.25, 0.3) is 17.2 Å². The number of hydrogen-bond acceptors (Lipinski definition) is 5. The molecule has 1 saturated heterocycles. The summed E-state index contributed by atoms with van der Waals surface area (Å²) in [5, 5.41) is 1.86. The van der Waals surface area contributed by atoms with E-state index in [9.17, 15) is 13.6 Å². The second-order valence-electron chi connectivity index (χ2n) is 6.40. The molecule has 0 bridgehead atoms. The number of unbranched alkanes of at least 4 members (excludes halogenated alkanes) is 3. The number of carbonyl (C=O) groups is 1. The van der Waals surface area contributed by atoms with Gasteiger partial charge in [-0.15, -0.1) is 11.3 Å². The van der Waals surface area contributed by atoms with E-state index in [1.54, 1.807) is 4.90 Å². The van der Waals surface area contributed by atoms with Crippen molar-refractivity contribution in [3.05, 3.63) is 51.1 Å². The van der Waals surface area contributed by atoms with Crippen molar-refractivity contribution in [3.8, 4) is 11.1 Å². The zero-order valence-corrected chi connectivity index (χ0v) is 17.6. The zero-order valence-electron chi connectivity index (χ0n) is 15.1. The van der Waals surface area contributed by atoms with Crippen LogP contribution in [-0.4, -0.2) is 28.2 Å². The van der Waals surface area contributed by atoms with Crippen LogP contribution < -0.4 is 5.73 Å². The Morgan fingerprint density at radius 2 is 1.86 bits per heavy atom. The van der Waals surface area contributed by atoms with Crippen LogP contribution in [0.15, 0.2) is 34.6 Å². The number of thioether (sulfide) groups is 1. The topological polar surface area (TPSA) is 46.3 Å². The predicted molar refractivity (Wildman–Crippen MR) is 117 cm³/mol. The molecule has 148 valence electrons. The molecule has 0 unspecified atom stereocenters. The first-order chi connectivity index (χ1) is 13.5. The molecule has 2 aromatic rings. The van der Waals surface area contributed by atoms with E-state index in [1.165, 1.54) is 35.2 Å². The molecule has 0 saturated carbocycles. The van der Waals surface area contributed by atoms with Crippen molar-refractivity contribution < 1.29 is 13.6 Å². The van der Waals surface area contributed by atoms with Gasteiger partial charge in [0.1, 0.15) is 4.32 Å². The molecule has 8 heteroatoms. The van der Waals surface area contributed by atoms with Crippen molar-refractivity contribution in [3.63, 3.8) is 0 Å². The fourth-order valence-corrected chi connectivity index (χ4v) is 5.07. The van der Waals surface area contributed by atoms with E-state index in [4.69, 9.17) is 18.0 Å². The molecule has 3 rings (SSSR count). The maximum atomic E-state index is 13.4. The van der Waals surface area contributed by atoms with Crippen LogP contribution >= 0.6 is 35.3 Å². The number of nitrogens with two attached hydrogens (primary N) is 1. The van der Waals surface area contributed by atoms with Crippen molar-refractivity contribution in [2.45, 2.75) is 25.7 Å². The average molecular weight is 439 g/mol. The molecule has 1 amide bonds. The summed E-state index contributed by atoms with van der Waals surface area (Å²) in [7, 11) is 0. The van der Waals surface area contributed by atoms with Gasteiger partial charge >= 0.3 is 0 Å². The van der Waals surface area contributed by atoms with E-state index in [-0.39, 0.29) is 5.91 Å². The summed E-state index contributed by atoms with van der Waals surface area (Å²) < 4.78 is 27.1. The van der Waals surface area contributed by atoms with Crippen LogP contribution in [0, 0.1) is 11.6 Å². The highest BCUT2D eigenvalue weighted by atomic mass is 32.2. The summed E-state index contributed by atoms with van der Waals surface area (Å²) in [6.07, 6.45) is 5.79. The molecule has 1 aliphatic rings. The molecule has 1 fully saturated rings. The summed E-state index contributed by atoms with van der Waals surface area (Å²) in [6.45, 7) is 1.31. The van der Waals surface area contributed by atoms with Crippen LogP contribution in [-0.2, 0) is 4.79 Å². The Balaban J connectivity index is 1.67. The minimum Gasteiger partial charge on any atom is -0.330 e. The summed E-state index contributed by atoms with van der Waals surface area (Å²) in [4.78, 5) is 15.7. The Morgan fingerprint density at radius 1 is 1.07 bits per heavy atom. The quantitative estimate of drug-likeness (QED) is 0.340. The summed E-state index contributed by atoms with van der Waals surface area (Å²) in [6, 6.07) is 5.68. The molecule has 0 spiro atoms. The van der Waals surface area contributed by atoms with Gasteiger partial charge in [0.2, 0.25) is 0 Å². The number of amides is 1. The summed E-state index contributed by atoms with van der Waals surface area (Å²) in [5.41, 5.74) is 6.87. The van der Waals surface area contributed by atoms with Gasteiger partial charge in [0.05, 0.1) is 4.91 Å². The van der Waals surface area contributed by atoms with Gasteiger partial charge in [0.25, 0.3) is 5.91 Å². The molecule has 0 atom stereocenters. The Bertz CT molecular complexity index is 911. The highest BCUT2D eigenvalue weighted by Gasteiger charge is 2.31. The van der Waals surface area contributed by atoms with E-state index in [1.807, 2.05) is 17.5 Å². The van der Waals surface area contributed by atoms with Crippen LogP contribution in [0.4, 0.5) is 8.78 Å². The second-order valence-corrected chi connectivity index (χ2v) is 9.02. The van der Waals surface area contributed by atoms with Crippen molar-refractivity contribution in [1.82, 2.24) is 4.90 Å². The molecule has 3 nitrogen and oxygen atoms in total. The molecule has 1 aliphatic heterocycles. The lowest BCUT2D eigenvalue weighted by molar-refractivity contribution is -0.122. The first kappa shape index (κ1) is 21.1. The number of halogens is 2. The van der Waals surface area contributed by atoms with Gasteiger partial charge in [-0.3, -0.25) is 9.69 Å². The lowest BCUT2D eigenvalue weighted by Gasteiger charge is -2.13. The molecule has 1 aromatic carbocycles. The second kappa shape index (κ2) is 9.73. The Morgan fingerprint density at radius 3 is 2.61 bits per heavy atom. The van der Waals surface area contributed by atoms with Gasteiger partial charge in [0, 0.05) is 11.4 Å². The number of nitrogens with zero attached hydrogens (tertiary/aromatic N) is 1. The van der Waals surface area contributed by atoms with Crippen molar-refractivity contribution in [1.29, 1.82) is 0 Å². The van der Waals surface area contributed by atoms with Gasteiger partial charge in [-0.05, 0) is 60.2 Å². The summed E-state index contributed by atoms with van der Waals surface area (Å²) >= 11 is 8.09. The maximum Gasteiger partial charge on any atom is 0.266 e. The first-order valence-electron chi connectivity index (χ1n) is 8.99. The lowest BCUT2D eigenvalue weighted by atomic mass is 10.1. The average Bonchev–Trinajstić information content (AvgIpc) is 3.23. The molecular weight excluding hydrogens is 418 g/mol. The highest BCUT2D eigenvalue weighted by molar-refractivity contribution is 8.26. The number of thiophene rings is 1. The predicted octanol–water partition coefficient (Wildman–Crippen LogP) is 5.41. The smallest absolute Gasteiger partial charge is 0.266 e. The Kier molecular flexibility index (Phi) is 7.34. The fourth-order valence-electron chi connectivity index (χ4n) is 2.85. The number of hydrogen-bond donors (Lipinski definition) is 1. The first-order valence-corrected chi connectivity index (χ1v) is 11.1. The van der Waals surface area contributed by atoms with Gasteiger partial charge in [-0.1, -0.05) is 42.9 Å². The van der Waals surface area contributed by atoms with Crippen LogP contribution in [0.2, 0.25) is 0 Å². The highest BCUT2D eigenvalue weighted by Crippen LogP contribution is 2.35. The van der Waals surface area contributed by atoms with Crippen LogP contribution in [0.3, 0.4) is 0 Å². The number of benzene rings is 1. The number of thiocarbonyl (C=S) groups is 1. The zero-order chi connectivity index (χ0) is 20.1. The fraction of sp³-hybridized carbons (Fsp3) is 0.300. The lowest BCUT2D eigenvalue weighted by Crippen LogP contribution is -2.29. The molecular formula is C20H20F2N2OS3. The van der Waals surface area contributed by atoms with Crippen LogP contribution in [0.1, 0.15) is 30.6 Å². The normalized spacial score (nSPS) is 15.8. The monoisotopic (exact) mass is 438 g/mol. The van der Waals surface area contributed by atoms with E-state index in [0.717, 1.165) is 42.2 Å². The SMILES string of the molecule is NCCCCCCN1C(=O)/C(=C/c2cc(-c3ccc(F)c(F)c3)cs2)SC1=S. The largest absolute Gasteiger partial charge is 0.330 e. The molecule has 1 aromatic heterocycles. The van der Waals surface area contributed by atoms with E-state index < -0.39 is 11.6 Å². The van der Waals surface area contributed by atoms with Gasteiger partial charge < -0.3 is 5.73 Å². The molecule has 0 aliphatic carbocycles. The summed E-state index contributed by atoms with van der Waals surface area (Å²) in [5.74, 6) is -1.82. The van der Waals surface area contributed by atoms with Crippen molar-refractivity contribution >= 4 is 51.6 Å². The molecule has 0 radical (unpaired) electrons. The Labute approximate surface area is 176 Å². The van der Waals surface area contributed by atoms with E-state index in [2.05, 4.69) is 0 Å². The number of rotatable bonds is 8. The molecule has 28 heavy (non-hydrogen) atoms. The minimum atomic E-state index is -0.877. The third-order valence-corrected chi connectivity index (χ3v) is 6.61. The standard InChI is InChI=1S/C20H20F2N2OS3/c21-16-6-5-13(10-17(16)22)14-9-15(27-12-14)11-18-19(25)24(20(26)28-18)8-4-2-1-3-7-23/h5-6,9-12H,1-4,7-8,23H2/b18-11-. The minimum absolute atomic E-state index is 0.0726. The molecule has 2 N–H and O–H groups in total. The van der Waals surface area contributed by atoms with Crippen LogP contribution in [0.5, 0.6) is 0 Å². The third-order valence-electron chi connectivity index (χ3n) is 4.36. The van der Waals surface area contributed by atoms with Gasteiger partial charge in [0.15, 0.2) is 11.6 Å². The van der Waals surface area contributed by atoms with Crippen molar-refractivity contribution in [2.75, 3.05) is 13.1 Å².